The van der Waals surface area contributed by atoms with Crippen molar-refractivity contribution in [2.45, 2.75) is 16.2 Å². The van der Waals surface area contributed by atoms with Crippen LogP contribution in [-0.2, 0) is 11.1 Å². The summed E-state index contributed by atoms with van der Waals surface area (Å²) in [6.07, 6.45) is 0. The van der Waals surface area contributed by atoms with Gasteiger partial charge in [-0.3, -0.25) is 4.79 Å². The molecule has 6 heteroatoms. The molecular formula is C16H14BrN3OS. The number of nitrogens with two attached hydrogens (primary N) is 1. The van der Waals surface area contributed by atoms with Gasteiger partial charge in [-0.15, -0.1) is 0 Å². The fraction of sp³-hybridized carbons (Fsp3) is 0.125. The SMILES string of the molecule is NC(=O)c1cccc2[nH]c(SCc3ccc(CBr)cc3)nc12. The van der Waals surface area contributed by atoms with Gasteiger partial charge >= 0.3 is 0 Å². The Morgan fingerprint density at radius 3 is 2.59 bits per heavy atom. The zero-order valence-corrected chi connectivity index (χ0v) is 14.1. The third-order valence-corrected chi connectivity index (χ3v) is 4.90. The van der Waals surface area contributed by atoms with Gasteiger partial charge in [0.2, 0.25) is 0 Å². The van der Waals surface area contributed by atoms with Crippen molar-refractivity contribution < 1.29 is 4.79 Å². The van der Waals surface area contributed by atoms with E-state index in [0.717, 1.165) is 21.8 Å². The smallest absolute Gasteiger partial charge is 0.250 e. The second kappa shape index (κ2) is 6.54. The Bertz CT molecular complexity index is 814. The first-order valence-electron chi connectivity index (χ1n) is 6.72. The summed E-state index contributed by atoms with van der Waals surface area (Å²) in [5.74, 6) is 0.355. The van der Waals surface area contributed by atoms with Gasteiger partial charge in [-0.1, -0.05) is 58.0 Å². The van der Waals surface area contributed by atoms with Crippen molar-refractivity contribution in [1.29, 1.82) is 0 Å². The van der Waals surface area contributed by atoms with Crippen molar-refractivity contribution in [2.75, 3.05) is 0 Å². The molecule has 3 rings (SSSR count). The van der Waals surface area contributed by atoms with E-state index in [9.17, 15) is 4.79 Å². The molecule has 0 fully saturated rings. The number of aromatic amines is 1. The minimum absolute atomic E-state index is 0.447. The van der Waals surface area contributed by atoms with Crippen LogP contribution in [0.1, 0.15) is 21.5 Å². The second-order valence-electron chi connectivity index (χ2n) is 4.85. The van der Waals surface area contributed by atoms with E-state index < -0.39 is 5.91 Å². The van der Waals surface area contributed by atoms with E-state index in [1.165, 1.54) is 11.1 Å². The quantitative estimate of drug-likeness (QED) is 0.525. The number of alkyl halides is 1. The van der Waals surface area contributed by atoms with Crippen LogP contribution in [0.4, 0.5) is 0 Å². The van der Waals surface area contributed by atoms with Gasteiger partial charge in [0, 0.05) is 11.1 Å². The molecule has 0 atom stereocenters. The third kappa shape index (κ3) is 3.18. The standard InChI is InChI=1S/C16H14BrN3OS/c17-8-10-4-6-11(7-5-10)9-22-16-19-13-3-1-2-12(15(18)21)14(13)20-16/h1-7H,8-9H2,(H2,18,21)(H,19,20). The Kier molecular flexibility index (Phi) is 4.49. The minimum atomic E-state index is -0.459. The lowest BCUT2D eigenvalue weighted by Gasteiger charge is -2.00. The number of aromatic nitrogens is 2. The summed E-state index contributed by atoms with van der Waals surface area (Å²) >= 11 is 5.04. The number of benzene rings is 2. The minimum Gasteiger partial charge on any atom is -0.366 e. The third-order valence-electron chi connectivity index (χ3n) is 3.31. The van der Waals surface area contributed by atoms with Crippen LogP contribution in [0.3, 0.4) is 0 Å². The number of nitrogens with zero attached hydrogens (tertiary/aromatic N) is 1. The monoisotopic (exact) mass is 375 g/mol. The maximum absolute atomic E-state index is 11.4. The van der Waals surface area contributed by atoms with E-state index in [1.807, 2.05) is 6.07 Å². The Hall–Kier alpha value is -1.79. The van der Waals surface area contributed by atoms with Gasteiger partial charge in [-0.25, -0.2) is 4.98 Å². The first-order chi connectivity index (χ1) is 10.7. The normalized spacial score (nSPS) is 11.0. The number of fused-ring (bicyclic) bond motifs is 1. The first kappa shape index (κ1) is 15.1. The van der Waals surface area contributed by atoms with E-state index in [1.54, 1.807) is 23.9 Å². The van der Waals surface area contributed by atoms with Gasteiger partial charge in [-0.05, 0) is 23.3 Å². The number of H-pyrrole nitrogens is 1. The number of amides is 1. The number of primary amides is 1. The summed E-state index contributed by atoms with van der Waals surface area (Å²) in [6, 6.07) is 13.8. The van der Waals surface area contributed by atoms with Crippen LogP contribution in [0.15, 0.2) is 47.6 Å². The molecule has 0 unspecified atom stereocenters. The van der Waals surface area contributed by atoms with E-state index in [-0.39, 0.29) is 0 Å². The predicted molar refractivity (Wildman–Crippen MR) is 93.2 cm³/mol. The molecule has 4 nitrogen and oxygen atoms in total. The molecule has 22 heavy (non-hydrogen) atoms. The van der Waals surface area contributed by atoms with Crippen molar-refractivity contribution >= 4 is 44.6 Å². The lowest BCUT2D eigenvalue weighted by atomic mass is 10.2. The number of hydrogen-bond acceptors (Lipinski definition) is 3. The summed E-state index contributed by atoms with van der Waals surface area (Å²) in [4.78, 5) is 19.1. The Morgan fingerprint density at radius 2 is 1.91 bits per heavy atom. The van der Waals surface area contributed by atoms with Gasteiger partial charge in [-0.2, -0.15) is 0 Å². The van der Waals surface area contributed by atoms with Crippen LogP contribution >= 0.6 is 27.7 Å². The highest BCUT2D eigenvalue weighted by atomic mass is 79.9. The van der Waals surface area contributed by atoms with E-state index >= 15 is 0 Å². The highest BCUT2D eigenvalue weighted by molar-refractivity contribution is 9.08. The molecule has 0 aliphatic carbocycles. The van der Waals surface area contributed by atoms with Crippen LogP contribution in [0.25, 0.3) is 11.0 Å². The second-order valence-corrected chi connectivity index (χ2v) is 6.37. The molecule has 112 valence electrons. The number of hydrogen-bond donors (Lipinski definition) is 2. The van der Waals surface area contributed by atoms with Gasteiger partial charge in [0.05, 0.1) is 11.1 Å². The fourth-order valence-electron chi connectivity index (χ4n) is 2.15. The molecule has 1 amide bonds. The topological polar surface area (TPSA) is 71.8 Å². The number of carbonyl (C=O) groups excluding carboxylic acids is 1. The molecule has 2 aromatic carbocycles. The lowest BCUT2D eigenvalue weighted by molar-refractivity contribution is 0.100. The zero-order chi connectivity index (χ0) is 15.5. The number of carbonyl (C=O) groups is 1. The summed E-state index contributed by atoms with van der Waals surface area (Å²) in [5.41, 5.74) is 9.76. The summed E-state index contributed by atoms with van der Waals surface area (Å²) in [6.45, 7) is 0. The number of halogens is 1. The Labute approximate surface area is 140 Å². The summed E-state index contributed by atoms with van der Waals surface area (Å²) in [7, 11) is 0. The molecule has 0 saturated heterocycles. The molecule has 0 spiro atoms. The zero-order valence-electron chi connectivity index (χ0n) is 11.7. The predicted octanol–water partition coefficient (Wildman–Crippen LogP) is 3.85. The van der Waals surface area contributed by atoms with Crippen LogP contribution in [-0.4, -0.2) is 15.9 Å². The molecule has 0 radical (unpaired) electrons. The molecule has 1 aromatic heterocycles. The van der Waals surface area contributed by atoms with Gasteiger partial charge in [0.1, 0.15) is 5.52 Å². The molecule has 0 saturated carbocycles. The highest BCUT2D eigenvalue weighted by Gasteiger charge is 2.11. The first-order valence-corrected chi connectivity index (χ1v) is 8.83. The van der Waals surface area contributed by atoms with Crippen molar-refractivity contribution in [2.24, 2.45) is 5.73 Å². The molecule has 3 aromatic rings. The van der Waals surface area contributed by atoms with E-state index in [2.05, 4.69) is 50.2 Å². The summed E-state index contributed by atoms with van der Waals surface area (Å²) in [5, 5.41) is 1.65. The maximum atomic E-state index is 11.4. The summed E-state index contributed by atoms with van der Waals surface area (Å²) < 4.78 is 0. The van der Waals surface area contributed by atoms with Gasteiger partial charge < -0.3 is 10.7 Å². The highest BCUT2D eigenvalue weighted by Crippen LogP contribution is 2.25. The Balaban J connectivity index is 1.79. The van der Waals surface area contributed by atoms with Crippen molar-refractivity contribution in [3.05, 3.63) is 59.2 Å². The molecule has 1 heterocycles. The van der Waals surface area contributed by atoms with Crippen LogP contribution in [0, 0.1) is 0 Å². The van der Waals surface area contributed by atoms with Gasteiger partial charge in [0.15, 0.2) is 5.16 Å². The van der Waals surface area contributed by atoms with E-state index in [4.69, 9.17) is 5.73 Å². The average molecular weight is 376 g/mol. The van der Waals surface area contributed by atoms with Crippen LogP contribution in [0.5, 0.6) is 0 Å². The number of thioether (sulfide) groups is 1. The number of rotatable bonds is 5. The van der Waals surface area contributed by atoms with Crippen LogP contribution < -0.4 is 5.73 Å². The van der Waals surface area contributed by atoms with Crippen molar-refractivity contribution in [1.82, 2.24) is 9.97 Å². The number of para-hydroxylation sites is 1. The Morgan fingerprint density at radius 1 is 1.18 bits per heavy atom. The number of nitrogens with one attached hydrogen (secondary N) is 1. The van der Waals surface area contributed by atoms with Crippen LogP contribution in [0.2, 0.25) is 0 Å². The van der Waals surface area contributed by atoms with Crippen molar-refractivity contribution in [3.63, 3.8) is 0 Å². The maximum Gasteiger partial charge on any atom is 0.250 e. The van der Waals surface area contributed by atoms with Crippen molar-refractivity contribution in [3.8, 4) is 0 Å². The van der Waals surface area contributed by atoms with Gasteiger partial charge in [0.25, 0.3) is 5.91 Å². The molecular weight excluding hydrogens is 362 g/mol. The molecule has 3 N–H and O–H groups in total. The van der Waals surface area contributed by atoms with E-state index in [0.29, 0.717) is 11.1 Å². The number of imidazole rings is 1. The molecule has 0 bridgehead atoms. The molecule has 0 aliphatic rings. The largest absolute Gasteiger partial charge is 0.366 e. The molecule has 0 aliphatic heterocycles. The fourth-order valence-corrected chi connectivity index (χ4v) is 3.36. The average Bonchev–Trinajstić information content (AvgIpc) is 2.96. The lowest BCUT2D eigenvalue weighted by Crippen LogP contribution is -2.11.